The minimum Gasteiger partial charge on any atom is -0.353 e. The summed E-state index contributed by atoms with van der Waals surface area (Å²) in [7, 11) is 0. The quantitative estimate of drug-likeness (QED) is 0.826. The molecule has 1 aliphatic carbocycles. The van der Waals surface area contributed by atoms with E-state index in [9.17, 15) is 0 Å². The van der Waals surface area contributed by atoms with Gasteiger partial charge in [-0.2, -0.15) is 0 Å². The normalized spacial score (nSPS) is 17.8. The van der Waals surface area contributed by atoms with Gasteiger partial charge in [0.05, 0.1) is 5.69 Å². The molecule has 1 saturated carbocycles. The summed E-state index contributed by atoms with van der Waals surface area (Å²) in [6.07, 6.45) is 6.30. The maximum Gasteiger partial charge on any atom is 0.203 e. The standard InChI is InChI=1S/C13H23N3/c1-9(2)14-13-15-10(3)8-16(13)11(4)7-12-5-6-12/h8-9,11-12H,5-7H2,1-4H3,(H,14,15). The second kappa shape index (κ2) is 4.48. The van der Waals surface area contributed by atoms with Crippen LogP contribution >= 0.6 is 0 Å². The highest BCUT2D eigenvalue weighted by molar-refractivity contribution is 5.30. The van der Waals surface area contributed by atoms with Crippen LogP contribution < -0.4 is 5.32 Å². The minimum absolute atomic E-state index is 0.439. The van der Waals surface area contributed by atoms with Crippen LogP contribution in [-0.2, 0) is 0 Å². The van der Waals surface area contributed by atoms with E-state index in [1.54, 1.807) is 0 Å². The van der Waals surface area contributed by atoms with Crippen LogP contribution in [0.3, 0.4) is 0 Å². The van der Waals surface area contributed by atoms with E-state index in [-0.39, 0.29) is 0 Å². The van der Waals surface area contributed by atoms with Gasteiger partial charge >= 0.3 is 0 Å². The van der Waals surface area contributed by atoms with Crippen LogP contribution in [0.5, 0.6) is 0 Å². The summed E-state index contributed by atoms with van der Waals surface area (Å²) in [5.41, 5.74) is 1.10. The Kier molecular flexibility index (Phi) is 3.22. The SMILES string of the molecule is Cc1cn(C(C)CC2CC2)c(NC(C)C)n1. The van der Waals surface area contributed by atoms with Crippen molar-refractivity contribution in [1.29, 1.82) is 0 Å². The molecule has 0 saturated heterocycles. The zero-order valence-corrected chi connectivity index (χ0v) is 10.8. The fourth-order valence-corrected chi connectivity index (χ4v) is 2.17. The van der Waals surface area contributed by atoms with Gasteiger partial charge < -0.3 is 9.88 Å². The molecule has 1 aromatic heterocycles. The second-order valence-electron chi connectivity index (χ2n) is 5.44. The first-order valence-corrected chi connectivity index (χ1v) is 6.38. The molecular formula is C13H23N3. The molecule has 0 aromatic carbocycles. The van der Waals surface area contributed by atoms with Crippen molar-refractivity contribution >= 4 is 5.95 Å². The Morgan fingerprint density at radius 3 is 2.69 bits per heavy atom. The van der Waals surface area contributed by atoms with Gasteiger partial charge in [0.2, 0.25) is 5.95 Å². The molecule has 3 nitrogen and oxygen atoms in total. The molecule has 0 amide bonds. The van der Waals surface area contributed by atoms with E-state index < -0.39 is 0 Å². The van der Waals surface area contributed by atoms with E-state index in [4.69, 9.17) is 0 Å². The van der Waals surface area contributed by atoms with Crippen LogP contribution in [0, 0.1) is 12.8 Å². The van der Waals surface area contributed by atoms with Gasteiger partial charge in [-0.3, -0.25) is 0 Å². The summed E-state index contributed by atoms with van der Waals surface area (Å²) < 4.78 is 2.30. The molecule has 1 aliphatic rings. The first-order chi connectivity index (χ1) is 7.56. The number of imidazole rings is 1. The van der Waals surface area contributed by atoms with Gasteiger partial charge in [-0.1, -0.05) is 12.8 Å². The molecule has 0 radical (unpaired) electrons. The molecule has 1 unspecified atom stereocenters. The van der Waals surface area contributed by atoms with E-state index in [2.05, 4.69) is 48.8 Å². The molecule has 0 spiro atoms. The van der Waals surface area contributed by atoms with Crippen LogP contribution in [0.15, 0.2) is 6.20 Å². The lowest BCUT2D eigenvalue weighted by Crippen LogP contribution is -2.16. The number of anilines is 1. The second-order valence-corrected chi connectivity index (χ2v) is 5.44. The molecule has 1 aromatic rings. The molecule has 1 N–H and O–H groups in total. The van der Waals surface area contributed by atoms with Crippen molar-refractivity contribution in [2.75, 3.05) is 5.32 Å². The summed E-state index contributed by atoms with van der Waals surface area (Å²) in [5, 5.41) is 3.42. The summed E-state index contributed by atoms with van der Waals surface area (Å²) in [6.45, 7) is 8.66. The molecule has 90 valence electrons. The smallest absolute Gasteiger partial charge is 0.203 e. The highest BCUT2D eigenvalue weighted by atomic mass is 15.2. The Balaban J connectivity index is 2.10. The van der Waals surface area contributed by atoms with Crippen LogP contribution in [0.4, 0.5) is 5.95 Å². The van der Waals surface area contributed by atoms with Crippen molar-refractivity contribution < 1.29 is 0 Å². The van der Waals surface area contributed by atoms with Crippen molar-refractivity contribution in [2.24, 2.45) is 5.92 Å². The van der Waals surface area contributed by atoms with Gasteiger partial charge in [0, 0.05) is 18.3 Å². The molecule has 1 atom stereocenters. The maximum absolute atomic E-state index is 4.55. The number of aryl methyl sites for hydroxylation is 1. The molecule has 16 heavy (non-hydrogen) atoms. The summed E-state index contributed by atoms with van der Waals surface area (Å²) >= 11 is 0. The van der Waals surface area contributed by atoms with Crippen molar-refractivity contribution in [3.8, 4) is 0 Å². The first kappa shape index (κ1) is 11.5. The van der Waals surface area contributed by atoms with Crippen LogP contribution in [0.1, 0.15) is 51.8 Å². The summed E-state index contributed by atoms with van der Waals surface area (Å²) in [5.74, 6) is 1.99. The number of aromatic nitrogens is 2. The lowest BCUT2D eigenvalue weighted by Gasteiger charge is -2.18. The average Bonchev–Trinajstić information content (AvgIpc) is 2.89. The van der Waals surface area contributed by atoms with Gasteiger partial charge in [-0.05, 0) is 40.0 Å². The fraction of sp³-hybridized carbons (Fsp3) is 0.769. The predicted octanol–water partition coefficient (Wildman–Crippen LogP) is 3.37. The Bertz CT molecular complexity index is 350. The Morgan fingerprint density at radius 1 is 1.44 bits per heavy atom. The van der Waals surface area contributed by atoms with E-state index in [0.717, 1.165) is 17.6 Å². The Labute approximate surface area is 98.3 Å². The molecule has 1 heterocycles. The first-order valence-electron chi connectivity index (χ1n) is 6.38. The molecule has 0 bridgehead atoms. The molecule has 0 aliphatic heterocycles. The topological polar surface area (TPSA) is 29.9 Å². The van der Waals surface area contributed by atoms with E-state index in [1.165, 1.54) is 19.3 Å². The molecular weight excluding hydrogens is 198 g/mol. The van der Waals surface area contributed by atoms with Gasteiger partial charge in [-0.15, -0.1) is 0 Å². The number of hydrogen-bond acceptors (Lipinski definition) is 2. The third kappa shape index (κ3) is 2.77. The monoisotopic (exact) mass is 221 g/mol. The summed E-state index contributed by atoms with van der Waals surface area (Å²) in [6, 6.07) is 1.00. The van der Waals surface area contributed by atoms with E-state index in [0.29, 0.717) is 12.1 Å². The lowest BCUT2D eigenvalue weighted by molar-refractivity contribution is 0.479. The van der Waals surface area contributed by atoms with Crippen molar-refractivity contribution in [3.05, 3.63) is 11.9 Å². The van der Waals surface area contributed by atoms with Crippen molar-refractivity contribution in [3.63, 3.8) is 0 Å². The maximum atomic E-state index is 4.55. The van der Waals surface area contributed by atoms with E-state index in [1.807, 2.05) is 0 Å². The van der Waals surface area contributed by atoms with Gasteiger partial charge in [0.1, 0.15) is 0 Å². The summed E-state index contributed by atoms with van der Waals surface area (Å²) in [4.78, 5) is 4.55. The van der Waals surface area contributed by atoms with E-state index >= 15 is 0 Å². The third-order valence-electron chi connectivity index (χ3n) is 3.12. The van der Waals surface area contributed by atoms with Gasteiger partial charge in [-0.25, -0.2) is 4.98 Å². The van der Waals surface area contributed by atoms with Crippen molar-refractivity contribution in [2.45, 2.75) is 59.0 Å². The fourth-order valence-electron chi connectivity index (χ4n) is 2.17. The highest BCUT2D eigenvalue weighted by Gasteiger charge is 2.25. The average molecular weight is 221 g/mol. The van der Waals surface area contributed by atoms with Crippen LogP contribution in [-0.4, -0.2) is 15.6 Å². The van der Waals surface area contributed by atoms with Gasteiger partial charge in [0.15, 0.2) is 0 Å². The Morgan fingerprint density at radius 2 is 2.12 bits per heavy atom. The molecule has 3 heteroatoms. The third-order valence-corrected chi connectivity index (χ3v) is 3.12. The largest absolute Gasteiger partial charge is 0.353 e. The Hall–Kier alpha value is -0.990. The predicted molar refractivity (Wildman–Crippen MR) is 67.8 cm³/mol. The van der Waals surface area contributed by atoms with Crippen molar-refractivity contribution in [1.82, 2.24) is 9.55 Å². The molecule has 1 fully saturated rings. The highest BCUT2D eigenvalue weighted by Crippen LogP contribution is 2.37. The number of nitrogens with one attached hydrogen (secondary N) is 1. The number of hydrogen-bond donors (Lipinski definition) is 1. The zero-order valence-electron chi connectivity index (χ0n) is 10.8. The minimum atomic E-state index is 0.439. The van der Waals surface area contributed by atoms with Crippen LogP contribution in [0.2, 0.25) is 0 Å². The van der Waals surface area contributed by atoms with Crippen LogP contribution in [0.25, 0.3) is 0 Å². The lowest BCUT2D eigenvalue weighted by atomic mass is 10.1. The molecule has 2 rings (SSSR count). The number of rotatable bonds is 5. The zero-order chi connectivity index (χ0) is 11.7. The van der Waals surface area contributed by atoms with Gasteiger partial charge in [0.25, 0.3) is 0 Å². The number of nitrogens with zero attached hydrogens (tertiary/aromatic N) is 2.